The van der Waals surface area contributed by atoms with Gasteiger partial charge in [0.1, 0.15) is 18.2 Å². The van der Waals surface area contributed by atoms with Crippen LogP contribution in [-0.2, 0) is 14.3 Å². The van der Waals surface area contributed by atoms with Gasteiger partial charge in [-0.2, -0.15) is 0 Å². The van der Waals surface area contributed by atoms with Gasteiger partial charge in [-0.05, 0) is 54.3 Å². The van der Waals surface area contributed by atoms with Crippen LogP contribution in [-0.4, -0.2) is 42.7 Å². The number of nitrogens with one attached hydrogen (secondary N) is 1. The Morgan fingerprint density at radius 1 is 1.26 bits per heavy atom. The fourth-order valence-electron chi connectivity index (χ4n) is 3.47. The van der Waals surface area contributed by atoms with Gasteiger partial charge in [0.25, 0.3) is 11.8 Å². The highest BCUT2D eigenvalue weighted by Crippen LogP contribution is 2.25. The first-order chi connectivity index (χ1) is 15.0. The van der Waals surface area contributed by atoms with E-state index in [0.717, 1.165) is 16.5 Å². The van der Waals surface area contributed by atoms with Gasteiger partial charge in [0, 0.05) is 29.5 Å². The molecule has 0 bridgehead atoms. The lowest BCUT2D eigenvalue weighted by Crippen LogP contribution is -2.41. The van der Waals surface area contributed by atoms with Gasteiger partial charge in [-0.15, -0.1) is 0 Å². The molecule has 31 heavy (non-hydrogen) atoms. The van der Waals surface area contributed by atoms with Crippen molar-refractivity contribution in [2.24, 2.45) is 0 Å². The maximum absolute atomic E-state index is 12.8. The van der Waals surface area contributed by atoms with Crippen LogP contribution in [0.2, 0.25) is 0 Å². The summed E-state index contributed by atoms with van der Waals surface area (Å²) in [7, 11) is 0. The lowest BCUT2D eigenvalue weighted by atomic mass is 10.1. The summed E-state index contributed by atoms with van der Waals surface area (Å²) in [6.07, 6.45) is 1.48. The number of pyridine rings is 1. The molecule has 2 heterocycles. The number of benzene rings is 2. The highest BCUT2D eigenvalue weighted by molar-refractivity contribution is 5.97. The third kappa shape index (κ3) is 4.59. The molecule has 1 aliphatic rings. The van der Waals surface area contributed by atoms with E-state index in [2.05, 4.69) is 10.3 Å². The summed E-state index contributed by atoms with van der Waals surface area (Å²) in [4.78, 5) is 30.5. The third-order valence-electron chi connectivity index (χ3n) is 5.14. The lowest BCUT2D eigenvalue weighted by molar-refractivity contribution is -0.125. The minimum absolute atomic E-state index is 0.0753. The molecule has 0 spiro atoms. The molecule has 0 radical (unpaired) electrons. The summed E-state index contributed by atoms with van der Waals surface area (Å²) in [6, 6.07) is 14.5. The van der Waals surface area contributed by atoms with Crippen molar-refractivity contribution >= 4 is 39.8 Å². The van der Waals surface area contributed by atoms with Crippen LogP contribution in [0.4, 0.5) is 17.2 Å². The predicted molar refractivity (Wildman–Crippen MR) is 119 cm³/mol. The Kier molecular flexibility index (Phi) is 5.99. The Hall–Kier alpha value is -3.65. The maximum atomic E-state index is 12.8. The fourth-order valence-corrected chi connectivity index (χ4v) is 3.47. The molecule has 8 heteroatoms. The number of anilines is 3. The molecule has 160 valence electrons. The Morgan fingerprint density at radius 2 is 2.06 bits per heavy atom. The topological polar surface area (TPSA) is 107 Å². The lowest BCUT2D eigenvalue weighted by Gasteiger charge is -2.27. The van der Waals surface area contributed by atoms with Crippen molar-refractivity contribution in [2.45, 2.75) is 19.4 Å². The molecule has 1 aliphatic heterocycles. The Morgan fingerprint density at radius 3 is 2.81 bits per heavy atom. The van der Waals surface area contributed by atoms with E-state index >= 15 is 0 Å². The van der Waals surface area contributed by atoms with Crippen LogP contribution < -0.4 is 20.7 Å². The van der Waals surface area contributed by atoms with Gasteiger partial charge >= 0.3 is 0 Å². The van der Waals surface area contributed by atoms with Crippen LogP contribution in [0.3, 0.4) is 0 Å². The summed E-state index contributed by atoms with van der Waals surface area (Å²) < 4.78 is 11.1. The average Bonchev–Trinajstić information content (AvgIpc) is 2.79. The zero-order valence-corrected chi connectivity index (χ0v) is 17.2. The van der Waals surface area contributed by atoms with Crippen LogP contribution in [0.25, 0.3) is 10.8 Å². The molecule has 1 saturated heterocycles. The smallest absolute Gasteiger partial charge is 0.265 e. The number of hydrogen-bond donors (Lipinski definition) is 2. The van der Waals surface area contributed by atoms with Gasteiger partial charge in [0.15, 0.2) is 6.10 Å². The second-order valence-electron chi connectivity index (χ2n) is 7.23. The number of rotatable bonds is 6. The summed E-state index contributed by atoms with van der Waals surface area (Å²) in [5.41, 5.74) is 7.35. The zero-order valence-electron chi connectivity index (χ0n) is 17.2. The molecule has 3 N–H and O–H groups in total. The van der Waals surface area contributed by atoms with Crippen LogP contribution >= 0.6 is 0 Å². The second kappa shape index (κ2) is 9.01. The molecule has 4 rings (SSSR count). The highest BCUT2D eigenvalue weighted by Gasteiger charge is 2.21. The Bertz CT molecular complexity index is 1100. The number of morpholine rings is 1. The zero-order chi connectivity index (χ0) is 21.8. The summed E-state index contributed by atoms with van der Waals surface area (Å²) in [5.74, 6) is 0.639. The van der Waals surface area contributed by atoms with Crippen molar-refractivity contribution in [3.63, 3.8) is 0 Å². The Labute approximate surface area is 180 Å². The summed E-state index contributed by atoms with van der Waals surface area (Å²) >= 11 is 0. The van der Waals surface area contributed by atoms with Gasteiger partial charge in [-0.25, -0.2) is 4.98 Å². The first kappa shape index (κ1) is 20.6. The molecule has 2 amide bonds. The summed E-state index contributed by atoms with van der Waals surface area (Å²) in [6.45, 7) is 3.00. The molecular formula is C23H24N4O4. The fraction of sp³-hybridized carbons (Fsp3) is 0.261. The molecule has 1 atom stereocenters. The molecule has 2 aromatic carbocycles. The molecule has 1 aromatic heterocycles. The van der Waals surface area contributed by atoms with Gasteiger partial charge < -0.3 is 25.4 Å². The van der Waals surface area contributed by atoms with E-state index in [0.29, 0.717) is 36.8 Å². The average molecular weight is 420 g/mol. The molecule has 8 nitrogen and oxygen atoms in total. The van der Waals surface area contributed by atoms with Gasteiger partial charge in [-0.3, -0.25) is 9.59 Å². The first-order valence-corrected chi connectivity index (χ1v) is 10.1. The van der Waals surface area contributed by atoms with E-state index in [-0.39, 0.29) is 18.4 Å². The number of fused-ring (bicyclic) bond motifs is 1. The van der Waals surface area contributed by atoms with Crippen molar-refractivity contribution < 1.29 is 19.1 Å². The number of ether oxygens (including phenoxy) is 2. The van der Waals surface area contributed by atoms with E-state index in [1.165, 1.54) is 0 Å². The van der Waals surface area contributed by atoms with Crippen LogP contribution in [0.15, 0.2) is 54.7 Å². The predicted octanol–water partition coefficient (Wildman–Crippen LogP) is 2.98. The van der Waals surface area contributed by atoms with Crippen LogP contribution in [0.1, 0.15) is 13.3 Å². The van der Waals surface area contributed by atoms with Gasteiger partial charge in [0.2, 0.25) is 0 Å². The molecule has 1 unspecified atom stereocenters. The monoisotopic (exact) mass is 420 g/mol. The number of nitrogen functional groups attached to an aromatic ring is 1. The molecule has 1 fully saturated rings. The van der Waals surface area contributed by atoms with Crippen molar-refractivity contribution in [2.75, 3.05) is 35.7 Å². The van der Waals surface area contributed by atoms with Crippen LogP contribution in [0.5, 0.6) is 5.75 Å². The van der Waals surface area contributed by atoms with Crippen molar-refractivity contribution in [1.82, 2.24) is 4.98 Å². The normalized spacial score (nSPS) is 15.0. The number of aromatic nitrogens is 1. The quantitative estimate of drug-likeness (QED) is 0.635. The summed E-state index contributed by atoms with van der Waals surface area (Å²) in [5, 5.41) is 4.61. The van der Waals surface area contributed by atoms with Crippen molar-refractivity contribution in [3.8, 4) is 5.75 Å². The van der Waals surface area contributed by atoms with E-state index in [4.69, 9.17) is 15.2 Å². The number of nitrogens with two attached hydrogens (primary N) is 1. The molecular weight excluding hydrogens is 396 g/mol. The van der Waals surface area contributed by atoms with E-state index < -0.39 is 6.10 Å². The maximum Gasteiger partial charge on any atom is 0.265 e. The first-order valence-electron chi connectivity index (χ1n) is 10.1. The van der Waals surface area contributed by atoms with E-state index in [1.807, 2.05) is 25.1 Å². The third-order valence-corrected chi connectivity index (χ3v) is 5.14. The highest BCUT2D eigenvalue weighted by atomic mass is 16.5. The largest absolute Gasteiger partial charge is 0.481 e. The minimum Gasteiger partial charge on any atom is -0.481 e. The molecule has 0 aliphatic carbocycles. The number of hydrogen-bond acceptors (Lipinski definition) is 6. The Balaban J connectivity index is 1.43. The van der Waals surface area contributed by atoms with Crippen LogP contribution in [0, 0.1) is 0 Å². The van der Waals surface area contributed by atoms with E-state index in [1.54, 1.807) is 41.4 Å². The van der Waals surface area contributed by atoms with Gasteiger partial charge in [0.05, 0.1) is 6.61 Å². The number of carbonyl (C=O) groups excluding carboxylic acids is 2. The van der Waals surface area contributed by atoms with Gasteiger partial charge in [-0.1, -0.05) is 13.0 Å². The SMILES string of the molecule is CCC(Oc1ccc2ccnc(N)c2c1)C(=O)Nc1ccc(N2CCOCC2=O)cc1. The molecule has 3 aromatic rings. The molecule has 0 saturated carbocycles. The standard InChI is InChI=1S/C23H24N4O4/c1-2-20(31-18-8-3-15-9-10-25-22(24)19(15)13-18)23(29)26-16-4-6-17(7-5-16)27-11-12-30-14-21(27)28/h3-10,13,20H,2,11-12,14H2,1H3,(H2,24,25)(H,26,29). The van der Waals surface area contributed by atoms with Crippen molar-refractivity contribution in [1.29, 1.82) is 0 Å². The van der Waals surface area contributed by atoms with E-state index in [9.17, 15) is 9.59 Å². The second-order valence-corrected chi connectivity index (χ2v) is 7.23. The number of amides is 2. The number of carbonyl (C=O) groups is 2. The number of nitrogens with zero attached hydrogens (tertiary/aromatic N) is 2. The van der Waals surface area contributed by atoms with Crippen molar-refractivity contribution in [3.05, 3.63) is 54.7 Å². The minimum atomic E-state index is -0.671.